The van der Waals surface area contributed by atoms with E-state index in [9.17, 15) is 5.11 Å². The number of methoxy groups -OCH3 is 1. The van der Waals surface area contributed by atoms with Gasteiger partial charge in [0.05, 0.1) is 24.1 Å². The van der Waals surface area contributed by atoms with E-state index in [1.54, 1.807) is 12.1 Å². The fourth-order valence-corrected chi connectivity index (χ4v) is 5.85. The molecule has 1 aromatic carbocycles. The zero-order valence-electron chi connectivity index (χ0n) is 20.5. The van der Waals surface area contributed by atoms with Gasteiger partial charge in [-0.15, -0.1) is 10.2 Å². The quantitative estimate of drug-likeness (QED) is 0.559. The topological polar surface area (TPSA) is 96.3 Å². The highest BCUT2D eigenvalue weighted by Gasteiger charge is 2.46. The molecule has 4 heterocycles. The third-order valence-electron chi connectivity index (χ3n) is 7.46. The molecule has 0 radical (unpaired) electrons. The van der Waals surface area contributed by atoms with Crippen LogP contribution in [-0.2, 0) is 0 Å². The smallest absolute Gasteiger partial charge is 0.216 e. The molecule has 0 spiro atoms. The number of rotatable bonds is 5. The number of aromatic hydroxyl groups is 1. The van der Waals surface area contributed by atoms with E-state index in [-0.39, 0.29) is 28.1 Å². The summed E-state index contributed by atoms with van der Waals surface area (Å²) in [5.41, 5.74) is 1.38. The van der Waals surface area contributed by atoms with E-state index in [1.807, 2.05) is 13.1 Å². The number of hydrogen-bond donors (Lipinski definition) is 2. The van der Waals surface area contributed by atoms with Gasteiger partial charge in [0.15, 0.2) is 5.82 Å². The molecule has 2 aromatic heterocycles. The van der Waals surface area contributed by atoms with Crippen molar-refractivity contribution in [3.8, 4) is 34.1 Å². The van der Waals surface area contributed by atoms with Gasteiger partial charge in [-0.2, -0.15) is 0 Å². The van der Waals surface area contributed by atoms with Gasteiger partial charge >= 0.3 is 0 Å². The van der Waals surface area contributed by atoms with E-state index < -0.39 is 5.82 Å². The Morgan fingerprint density at radius 1 is 1.06 bits per heavy atom. The van der Waals surface area contributed by atoms with Crippen molar-refractivity contribution in [2.24, 2.45) is 0 Å². The molecule has 2 fully saturated rings. The summed E-state index contributed by atoms with van der Waals surface area (Å²) in [7, 11) is 3.54. The summed E-state index contributed by atoms with van der Waals surface area (Å²) in [5, 5.41) is 23.2. The van der Waals surface area contributed by atoms with Crippen molar-refractivity contribution < 1.29 is 14.2 Å². The van der Waals surface area contributed by atoms with Gasteiger partial charge in [-0.25, -0.2) is 14.4 Å². The fraction of sp³-hybridized carbons (Fsp3) is 0.462. The maximum atomic E-state index is 15.1. The number of anilines is 1. The van der Waals surface area contributed by atoms with Crippen LogP contribution in [0.15, 0.2) is 36.7 Å². The standard InChI is InChI=1S/C26H31FN6O2/c1-25-8-5-9-26(2,32-25)14-17(13-25)33(3)22-7-6-19(30-31-22)24-18(27)10-16(11-21(24)34)20-12-23(35-4)29-15-28-20/h6-7,10-12,15,17,32,34H,5,8-9,13-14H2,1-4H3/t17-,25-,26+. The minimum Gasteiger partial charge on any atom is -0.507 e. The third kappa shape index (κ3) is 4.52. The lowest BCUT2D eigenvalue weighted by Crippen LogP contribution is -2.66. The van der Waals surface area contributed by atoms with Gasteiger partial charge in [0, 0.05) is 35.8 Å². The highest BCUT2D eigenvalue weighted by Crippen LogP contribution is 2.42. The van der Waals surface area contributed by atoms with Gasteiger partial charge in [-0.1, -0.05) is 0 Å². The monoisotopic (exact) mass is 478 g/mol. The third-order valence-corrected chi connectivity index (χ3v) is 7.46. The van der Waals surface area contributed by atoms with Crippen molar-refractivity contribution in [3.63, 3.8) is 0 Å². The van der Waals surface area contributed by atoms with Gasteiger partial charge < -0.3 is 20.1 Å². The summed E-state index contributed by atoms with van der Waals surface area (Å²) in [4.78, 5) is 10.3. The fourth-order valence-electron chi connectivity index (χ4n) is 5.85. The largest absolute Gasteiger partial charge is 0.507 e. The molecule has 9 heteroatoms. The zero-order valence-corrected chi connectivity index (χ0v) is 20.5. The molecule has 2 saturated heterocycles. The molecule has 184 valence electrons. The number of nitrogens with one attached hydrogen (secondary N) is 1. The number of aromatic nitrogens is 4. The van der Waals surface area contributed by atoms with Crippen LogP contribution in [0.2, 0.25) is 0 Å². The molecular weight excluding hydrogens is 447 g/mol. The number of halogens is 1. The first-order chi connectivity index (χ1) is 16.7. The average Bonchev–Trinajstić information content (AvgIpc) is 2.82. The number of nitrogens with zero attached hydrogens (tertiary/aromatic N) is 5. The second-order valence-electron chi connectivity index (χ2n) is 10.3. The highest BCUT2D eigenvalue weighted by atomic mass is 19.1. The van der Waals surface area contributed by atoms with Gasteiger partial charge in [0.25, 0.3) is 0 Å². The first-order valence-corrected chi connectivity index (χ1v) is 11.9. The predicted octanol–water partition coefficient (Wildman–Crippen LogP) is 4.34. The van der Waals surface area contributed by atoms with Crippen LogP contribution in [0.1, 0.15) is 46.0 Å². The van der Waals surface area contributed by atoms with Crippen molar-refractivity contribution in [2.45, 2.75) is 63.1 Å². The Labute approximate surface area is 204 Å². The Morgan fingerprint density at radius 3 is 2.43 bits per heavy atom. The molecule has 0 amide bonds. The van der Waals surface area contributed by atoms with E-state index in [4.69, 9.17) is 4.74 Å². The number of phenolic OH excluding ortho intramolecular Hbond substituents is 1. The molecule has 2 aliphatic heterocycles. The van der Waals surface area contributed by atoms with Crippen LogP contribution in [-0.4, -0.2) is 56.5 Å². The Hall–Kier alpha value is -3.33. The lowest BCUT2D eigenvalue weighted by molar-refractivity contribution is 0.0784. The molecule has 8 nitrogen and oxygen atoms in total. The van der Waals surface area contributed by atoms with Crippen LogP contribution in [0.3, 0.4) is 0 Å². The van der Waals surface area contributed by atoms with Crippen molar-refractivity contribution in [2.75, 3.05) is 19.1 Å². The number of hydrogen-bond acceptors (Lipinski definition) is 8. The molecule has 5 rings (SSSR count). The Balaban J connectivity index is 1.39. The van der Waals surface area contributed by atoms with Crippen molar-refractivity contribution >= 4 is 5.82 Å². The van der Waals surface area contributed by atoms with Crippen LogP contribution in [0.4, 0.5) is 10.2 Å². The van der Waals surface area contributed by atoms with E-state index >= 15 is 4.39 Å². The number of benzene rings is 1. The Bertz CT molecular complexity index is 1200. The molecule has 3 atom stereocenters. The Kier molecular flexibility index (Phi) is 5.83. The second kappa shape index (κ2) is 8.71. The second-order valence-corrected chi connectivity index (χ2v) is 10.3. The van der Waals surface area contributed by atoms with Crippen molar-refractivity contribution in [1.82, 2.24) is 25.5 Å². The summed E-state index contributed by atoms with van der Waals surface area (Å²) < 4.78 is 20.2. The number of ether oxygens (including phenoxy) is 1. The summed E-state index contributed by atoms with van der Waals surface area (Å²) >= 11 is 0. The van der Waals surface area contributed by atoms with Crippen molar-refractivity contribution in [1.29, 1.82) is 0 Å². The molecular formula is C26H31FN6O2. The highest BCUT2D eigenvalue weighted by molar-refractivity contribution is 5.74. The van der Waals surface area contributed by atoms with Gasteiger partial charge in [-0.3, -0.25) is 0 Å². The number of piperidine rings is 2. The number of phenols is 1. The van der Waals surface area contributed by atoms with Crippen LogP contribution in [0.25, 0.3) is 22.5 Å². The van der Waals surface area contributed by atoms with Crippen molar-refractivity contribution in [3.05, 3.63) is 42.5 Å². The van der Waals surface area contributed by atoms with Crippen LogP contribution >= 0.6 is 0 Å². The molecule has 0 saturated carbocycles. The Morgan fingerprint density at radius 2 is 1.80 bits per heavy atom. The van der Waals surface area contributed by atoms with Crippen LogP contribution in [0, 0.1) is 5.82 Å². The lowest BCUT2D eigenvalue weighted by atomic mass is 9.69. The number of fused-ring (bicyclic) bond motifs is 2. The molecule has 2 N–H and O–H groups in total. The van der Waals surface area contributed by atoms with Gasteiger partial charge in [0.2, 0.25) is 5.88 Å². The molecule has 35 heavy (non-hydrogen) atoms. The van der Waals surface area contributed by atoms with Gasteiger partial charge in [-0.05, 0) is 70.2 Å². The molecule has 0 aliphatic carbocycles. The summed E-state index contributed by atoms with van der Waals surface area (Å²) in [6, 6.07) is 8.22. The van der Waals surface area contributed by atoms with E-state index in [2.05, 4.69) is 44.2 Å². The molecule has 0 unspecified atom stereocenters. The minimum atomic E-state index is -0.611. The first kappa shape index (κ1) is 23.4. The zero-order chi connectivity index (χ0) is 24.8. The normalized spacial score (nSPS) is 25.8. The van der Waals surface area contributed by atoms with Gasteiger partial charge in [0.1, 0.15) is 17.9 Å². The summed E-state index contributed by atoms with van der Waals surface area (Å²) in [5.74, 6) is 0.237. The first-order valence-electron chi connectivity index (χ1n) is 11.9. The lowest BCUT2D eigenvalue weighted by Gasteiger charge is -2.55. The van der Waals surface area contributed by atoms with E-state index in [0.29, 0.717) is 23.2 Å². The molecule has 2 bridgehead atoms. The molecule has 2 aliphatic rings. The van der Waals surface area contributed by atoms with Crippen LogP contribution < -0.4 is 15.0 Å². The predicted molar refractivity (Wildman–Crippen MR) is 132 cm³/mol. The minimum absolute atomic E-state index is 0.00731. The summed E-state index contributed by atoms with van der Waals surface area (Å²) in [6.45, 7) is 4.62. The van der Waals surface area contributed by atoms with E-state index in [0.717, 1.165) is 18.7 Å². The summed E-state index contributed by atoms with van der Waals surface area (Å²) in [6.07, 6.45) is 7.00. The molecule has 3 aromatic rings. The maximum Gasteiger partial charge on any atom is 0.216 e. The van der Waals surface area contributed by atoms with E-state index in [1.165, 1.54) is 44.8 Å². The maximum absolute atomic E-state index is 15.1. The SMILES string of the molecule is COc1cc(-c2cc(O)c(-c3ccc(N(C)[C@H]4C[C@]5(C)CCC[C@](C)(C4)N5)nn3)c(F)c2)ncn1. The van der Waals surface area contributed by atoms with Crippen LogP contribution in [0.5, 0.6) is 11.6 Å². The average molecular weight is 479 g/mol.